The number of nitrogens with zero attached hydrogens (tertiary/aromatic N) is 2. The van der Waals surface area contributed by atoms with Gasteiger partial charge in [-0.25, -0.2) is 4.98 Å². The van der Waals surface area contributed by atoms with E-state index in [-0.39, 0.29) is 11.3 Å². The number of aromatic nitrogens is 1. The van der Waals surface area contributed by atoms with Crippen molar-refractivity contribution in [3.63, 3.8) is 0 Å². The summed E-state index contributed by atoms with van der Waals surface area (Å²) in [7, 11) is 0. The monoisotopic (exact) mass is 217 g/mol. The Bertz CT molecular complexity index is 422. The molecular formula is C8H6F3N3O. The fraction of sp³-hybridized carbons (Fsp3) is 0.250. The van der Waals surface area contributed by atoms with E-state index >= 15 is 0 Å². The number of hydrogen-bond acceptors (Lipinski definition) is 4. The van der Waals surface area contributed by atoms with Gasteiger partial charge >= 0.3 is 6.36 Å². The standard InChI is InChI=1S/C8H6F3N3O/c1-4-2-5(3-12)6(13)7(14-4)15-8(9,10)11/h2H,13H2,1H3. The van der Waals surface area contributed by atoms with Crippen molar-refractivity contribution in [1.29, 1.82) is 5.26 Å². The number of pyridine rings is 1. The number of rotatable bonds is 1. The summed E-state index contributed by atoms with van der Waals surface area (Å²) in [6.07, 6.45) is -4.87. The zero-order chi connectivity index (χ0) is 11.6. The molecule has 0 atom stereocenters. The molecule has 1 aromatic rings. The summed E-state index contributed by atoms with van der Waals surface area (Å²) in [6.45, 7) is 1.43. The zero-order valence-electron chi connectivity index (χ0n) is 7.59. The van der Waals surface area contributed by atoms with E-state index in [0.29, 0.717) is 0 Å². The maximum atomic E-state index is 11.9. The first-order valence-corrected chi connectivity index (χ1v) is 3.76. The maximum Gasteiger partial charge on any atom is 0.574 e. The van der Waals surface area contributed by atoms with Crippen LogP contribution in [0.25, 0.3) is 0 Å². The van der Waals surface area contributed by atoms with Crippen LogP contribution in [0, 0.1) is 18.3 Å². The minimum Gasteiger partial charge on any atom is -0.393 e. The molecule has 1 rings (SSSR count). The molecule has 0 bridgehead atoms. The summed E-state index contributed by atoms with van der Waals surface area (Å²) < 4.78 is 39.2. The summed E-state index contributed by atoms with van der Waals surface area (Å²) in [4.78, 5) is 3.45. The normalized spacial score (nSPS) is 10.9. The summed E-state index contributed by atoms with van der Waals surface area (Å²) in [6, 6.07) is 2.93. The van der Waals surface area contributed by atoms with Crippen LogP contribution in [0.4, 0.5) is 18.9 Å². The zero-order valence-corrected chi connectivity index (χ0v) is 7.59. The summed E-state index contributed by atoms with van der Waals surface area (Å²) in [5.41, 5.74) is 4.97. The Kier molecular flexibility index (Phi) is 2.70. The van der Waals surface area contributed by atoms with E-state index in [1.54, 1.807) is 6.07 Å². The molecule has 0 aromatic carbocycles. The molecule has 0 amide bonds. The molecule has 1 heterocycles. The van der Waals surface area contributed by atoms with Crippen molar-refractivity contribution in [3.8, 4) is 11.9 Å². The highest BCUT2D eigenvalue weighted by Crippen LogP contribution is 2.28. The van der Waals surface area contributed by atoms with Crippen molar-refractivity contribution in [1.82, 2.24) is 4.98 Å². The van der Waals surface area contributed by atoms with Crippen molar-refractivity contribution in [2.24, 2.45) is 0 Å². The Balaban J connectivity index is 3.20. The Labute approximate surface area is 83.1 Å². The van der Waals surface area contributed by atoms with Crippen LogP contribution in [0.5, 0.6) is 5.88 Å². The SMILES string of the molecule is Cc1cc(C#N)c(N)c(OC(F)(F)F)n1. The Morgan fingerprint density at radius 1 is 1.53 bits per heavy atom. The van der Waals surface area contributed by atoms with Crippen LogP contribution < -0.4 is 10.5 Å². The van der Waals surface area contributed by atoms with E-state index < -0.39 is 17.9 Å². The van der Waals surface area contributed by atoms with Crippen LogP contribution >= 0.6 is 0 Å². The van der Waals surface area contributed by atoms with E-state index in [4.69, 9.17) is 11.0 Å². The topological polar surface area (TPSA) is 71.9 Å². The van der Waals surface area contributed by atoms with E-state index in [0.717, 1.165) is 0 Å². The highest BCUT2D eigenvalue weighted by atomic mass is 19.4. The second-order valence-electron chi connectivity index (χ2n) is 2.69. The molecule has 7 heteroatoms. The first-order chi connectivity index (χ1) is 6.83. The van der Waals surface area contributed by atoms with Crippen molar-refractivity contribution in [2.45, 2.75) is 13.3 Å². The van der Waals surface area contributed by atoms with Crippen LogP contribution in [0.3, 0.4) is 0 Å². The van der Waals surface area contributed by atoms with Crippen molar-refractivity contribution in [2.75, 3.05) is 5.73 Å². The highest BCUT2D eigenvalue weighted by Gasteiger charge is 2.33. The van der Waals surface area contributed by atoms with Gasteiger partial charge in [0.25, 0.3) is 0 Å². The molecule has 4 nitrogen and oxygen atoms in total. The quantitative estimate of drug-likeness (QED) is 0.777. The average molecular weight is 217 g/mol. The van der Waals surface area contributed by atoms with Crippen LogP contribution in [0.2, 0.25) is 0 Å². The molecule has 0 aliphatic carbocycles. The van der Waals surface area contributed by atoms with Gasteiger partial charge in [0, 0.05) is 5.69 Å². The van der Waals surface area contributed by atoms with E-state index in [2.05, 4.69) is 9.72 Å². The summed E-state index contributed by atoms with van der Waals surface area (Å²) in [5.74, 6) is -0.793. The van der Waals surface area contributed by atoms with Gasteiger partial charge in [-0.1, -0.05) is 0 Å². The number of nitriles is 1. The van der Waals surface area contributed by atoms with Crippen LogP contribution in [0.1, 0.15) is 11.3 Å². The molecule has 0 radical (unpaired) electrons. The molecule has 0 saturated carbocycles. The van der Waals surface area contributed by atoms with Gasteiger partial charge in [-0.3, -0.25) is 0 Å². The Morgan fingerprint density at radius 2 is 2.13 bits per heavy atom. The minimum absolute atomic E-state index is 0.0956. The highest BCUT2D eigenvalue weighted by molar-refractivity contribution is 5.60. The molecular weight excluding hydrogens is 211 g/mol. The molecule has 2 N–H and O–H groups in total. The molecule has 1 aromatic heterocycles. The second-order valence-corrected chi connectivity index (χ2v) is 2.69. The number of hydrogen-bond donors (Lipinski definition) is 1. The third kappa shape index (κ3) is 2.74. The fourth-order valence-corrected chi connectivity index (χ4v) is 0.934. The van der Waals surface area contributed by atoms with E-state index in [1.165, 1.54) is 13.0 Å². The predicted octanol–water partition coefficient (Wildman–Crippen LogP) is 1.74. The molecule has 0 saturated heterocycles. The Hall–Kier alpha value is -1.97. The number of halogens is 3. The number of nitrogens with two attached hydrogens (primary N) is 1. The number of aryl methyl sites for hydroxylation is 1. The third-order valence-corrected chi connectivity index (χ3v) is 1.48. The molecule has 0 spiro atoms. The fourth-order valence-electron chi connectivity index (χ4n) is 0.934. The second kappa shape index (κ2) is 3.65. The lowest BCUT2D eigenvalue weighted by Crippen LogP contribution is -2.19. The number of nitrogen functional groups attached to an aromatic ring is 1. The Morgan fingerprint density at radius 3 is 2.60 bits per heavy atom. The van der Waals surface area contributed by atoms with Crippen molar-refractivity contribution in [3.05, 3.63) is 17.3 Å². The molecule has 0 fully saturated rings. The molecule has 15 heavy (non-hydrogen) atoms. The lowest BCUT2D eigenvalue weighted by molar-refractivity contribution is -0.275. The minimum atomic E-state index is -4.87. The third-order valence-electron chi connectivity index (χ3n) is 1.48. The van der Waals surface area contributed by atoms with E-state index in [1.807, 2.05) is 0 Å². The number of ether oxygens (including phenoxy) is 1. The lowest BCUT2D eigenvalue weighted by atomic mass is 10.2. The van der Waals surface area contributed by atoms with Crippen LogP contribution in [-0.2, 0) is 0 Å². The predicted molar refractivity (Wildman–Crippen MR) is 44.8 cm³/mol. The van der Waals surface area contributed by atoms with Gasteiger partial charge in [-0.2, -0.15) is 5.26 Å². The van der Waals surface area contributed by atoms with Gasteiger partial charge in [-0.05, 0) is 13.0 Å². The maximum absolute atomic E-state index is 11.9. The first kappa shape index (κ1) is 11.1. The molecule has 0 unspecified atom stereocenters. The average Bonchev–Trinajstić information content (AvgIpc) is 2.08. The van der Waals surface area contributed by atoms with Gasteiger partial charge in [0.2, 0.25) is 5.88 Å². The number of anilines is 1. The van der Waals surface area contributed by atoms with Gasteiger partial charge in [-0.15, -0.1) is 13.2 Å². The largest absolute Gasteiger partial charge is 0.574 e. The lowest BCUT2D eigenvalue weighted by Gasteiger charge is -2.11. The molecule has 80 valence electrons. The summed E-state index contributed by atoms with van der Waals surface area (Å²) in [5, 5.41) is 8.57. The summed E-state index contributed by atoms with van der Waals surface area (Å²) >= 11 is 0. The van der Waals surface area contributed by atoms with Crippen LogP contribution in [-0.4, -0.2) is 11.3 Å². The van der Waals surface area contributed by atoms with Gasteiger partial charge in [0.05, 0.1) is 5.56 Å². The van der Waals surface area contributed by atoms with Gasteiger partial charge < -0.3 is 10.5 Å². The smallest absolute Gasteiger partial charge is 0.393 e. The van der Waals surface area contributed by atoms with Crippen molar-refractivity contribution < 1.29 is 17.9 Å². The van der Waals surface area contributed by atoms with Gasteiger partial charge in [0.1, 0.15) is 11.8 Å². The van der Waals surface area contributed by atoms with Crippen molar-refractivity contribution >= 4 is 5.69 Å². The van der Waals surface area contributed by atoms with E-state index in [9.17, 15) is 13.2 Å². The molecule has 0 aliphatic rings. The number of alkyl halides is 3. The molecule has 0 aliphatic heterocycles. The first-order valence-electron chi connectivity index (χ1n) is 3.76. The van der Waals surface area contributed by atoms with Crippen LogP contribution in [0.15, 0.2) is 6.07 Å². The van der Waals surface area contributed by atoms with Gasteiger partial charge in [0.15, 0.2) is 0 Å².